The quantitative estimate of drug-likeness (QED) is 0.405. The molecule has 1 saturated heterocycles. The van der Waals surface area contributed by atoms with E-state index in [1.807, 2.05) is 6.07 Å². The SMILES string of the molecule is O=C(N[C@H]1CC[C@H](CN2C(=O)C3(CN(C(=O)c4ccccc4)C3)c3ccc(F)cc32)CC1)c1cc(Cl)cnc1C(F)F. The Morgan fingerprint density at radius 2 is 1.76 bits per heavy atom. The van der Waals surface area contributed by atoms with Crippen molar-refractivity contribution >= 4 is 35.0 Å². The van der Waals surface area contributed by atoms with Crippen molar-refractivity contribution < 1.29 is 27.6 Å². The van der Waals surface area contributed by atoms with E-state index in [1.165, 1.54) is 18.2 Å². The lowest BCUT2D eigenvalue weighted by Crippen LogP contribution is -2.65. The van der Waals surface area contributed by atoms with Gasteiger partial charge in [-0.15, -0.1) is 0 Å². The van der Waals surface area contributed by atoms with Gasteiger partial charge in [-0.1, -0.05) is 35.9 Å². The lowest BCUT2D eigenvalue weighted by molar-refractivity contribution is -0.128. The third kappa shape index (κ3) is 5.02. The number of amides is 3. The fraction of sp³-hybridized carbons (Fsp3) is 0.355. The number of nitrogens with one attached hydrogen (secondary N) is 1. The van der Waals surface area contributed by atoms with Crippen LogP contribution in [0.5, 0.6) is 0 Å². The Labute approximate surface area is 245 Å². The summed E-state index contributed by atoms with van der Waals surface area (Å²) in [5.41, 5.74) is 0.0676. The molecule has 0 atom stereocenters. The van der Waals surface area contributed by atoms with Gasteiger partial charge in [0.15, 0.2) is 0 Å². The Hall–Kier alpha value is -3.92. The van der Waals surface area contributed by atoms with E-state index in [0.29, 0.717) is 43.5 Å². The summed E-state index contributed by atoms with van der Waals surface area (Å²) in [6.07, 6.45) is 0.725. The zero-order chi connectivity index (χ0) is 29.6. The first-order valence-corrected chi connectivity index (χ1v) is 14.2. The first-order chi connectivity index (χ1) is 20.2. The van der Waals surface area contributed by atoms with Crippen LogP contribution in [0.3, 0.4) is 0 Å². The number of alkyl halides is 2. The molecule has 2 fully saturated rings. The van der Waals surface area contributed by atoms with E-state index in [-0.39, 0.29) is 47.4 Å². The summed E-state index contributed by atoms with van der Waals surface area (Å²) in [7, 11) is 0. The smallest absolute Gasteiger partial charge is 0.281 e. The second-order valence-corrected chi connectivity index (χ2v) is 11.7. The van der Waals surface area contributed by atoms with E-state index in [4.69, 9.17) is 11.6 Å². The average molecular weight is 597 g/mol. The molecule has 2 aliphatic heterocycles. The van der Waals surface area contributed by atoms with Crippen LogP contribution in [0.4, 0.5) is 18.9 Å². The maximum Gasteiger partial charge on any atom is 0.281 e. The number of anilines is 1. The van der Waals surface area contributed by atoms with Crippen LogP contribution >= 0.6 is 11.6 Å². The van der Waals surface area contributed by atoms with Crippen LogP contribution in [0.25, 0.3) is 0 Å². The van der Waals surface area contributed by atoms with Crippen molar-refractivity contribution in [3.63, 3.8) is 0 Å². The second kappa shape index (κ2) is 11.1. The number of likely N-dealkylation sites (tertiary alicyclic amines) is 1. The van der Waals surface area contributed by atoms with Crippen molar-refractivity contribution in [3.8, 4) is 0 Å². The first-order valence-electron chi connectivity index (χ1n) is 13.9. The molecular formula is C31H28ClF3N4O3. The van der Waals surface area contributed by atoms with E-state index >= 15 is 0 Å². The van der Waals surface area contributed by atoms with Crippen molar-refractivity contribution in [2.75, 3.05) is 24.5 Å². The molecule has 6 rings (SSSR count). The molecule has 42 heavy (non-hydrogen) atoms. The highest BCUT2D eigenvalue weighted by Gasteiger charge is 2.59. The highest BCUT2D eigenvalue weighted by Crippen LogP contribution is 2.48. The van der Waals surface area contributed by atoms with Crippen LogP contribution in [0.2, 0.25) is 5.02 Å². The van der Waals surface area contributed by atoms with Crippen molar-refractivity contribution in [1.82, 2.24) is 15.2 Å². The molecule has 1 N–H and O–H groups in total. The Bertz CT molecular complexity index is 1540. The summed E-state index contributed by atoms with van der Waals surface area (Å²) in [6.45, 7) is 0.844. The van der Waals surface area contributed by atoms with Crippen LogP contribution in [0.1, 0.15) is 64.1 Å². The Balaban J connectivity index is 1.11. The number of halogens is 4. The lowest BCUT2D eigenvalue weighted by atomic mass is 9.74. The standard InChI is InChI=1S/C31H28ClF3N4O3/c32-20-12-23(26(27(34)35)36-14-20)28(40)37-22-9-6-18(7-10-22)15-39-25-13-21(33)8-11-24(25)31(30(39)42)16-38(17-31)29(41)19-4-2-1-3-5-19/h1-5,8,11-14,18,22,27H,6-7,9-10,15-17H2,(H,37,40)/t18-,22-. The zero-order valence-electron chi connectivity index (χ0n) is 22.5. The maximum absolute atomic E-state index is 14.4. The van der Waals surface area contributed by atoms with Crippen LogP contribution in [-0.4, -0.2) is 53.3 Å². The largest absolute Gasteiger partial charge is 0.349 e. The monoisotopic (exact) mass is 596 g/mol. The molecule has 3 aliphatic rings. The predicted octanol–water partition coefficient (Wildman–Crippen LogP) is 5.54. The molecule has 218 valence electrons. The number of aromatic nitrogens is 1. The number of carbonyl (C=O) groups excluding carboxylic acids is 3. The fourth-order valence-corrected chi connectivity index (χ4v) is 6.59. The van der Waals surface area contributed by atoms with Crippen LogP contribution in [0.15, 0.2) is 60.8 Å². The van der Waals surface area contributed by atoms with Gasteiger partial charge >= 0.3 is 0 Å². The normalized spacial score (nSPS) is 20.9. The first kappa shape index (κ1) is 28.2. The number of nitrogens with zero attached hydrogens (tertiary/aromatic N) is 3. The summed E-state index contributed by atoms with van der Waals surface area (Å²) < 4.78 is 41.1. The third-order valence-electron chi connectivity index (χ3n) is 8.61. The van der Waals surface area contributed by atoms with E-state index < -0.39 is 29.3 Å². The van der Waals surface area contributed by atoms with Gasteiger partial charge in [0.25, 0.3) is 18.2 Å². The van der Waals surface area contributed by atoms with Crippen LogP contribution in [0, 0.1) is 11.7 Å². The number of benzene rings is 2. The molecule has 3 amide bonds. The van der Waals surface area contributed by atoms with E-state index in [2.05, 4.69) is 10.3 Å². The van der Waals surface area contributed by atoms with Crippen molar-refractivity contribution in [2.24, 2.45) is 5.92 Å². The molecule has 7 nitrogen and oxygen atoms in total. The molecule has 3 aromatic rings. The molecule has 2 aromatic carbocycles. The van der Waals surface area contributed by atoms with Gasteiger partial charge in [0.2, 0.25) is 5.91 Å². The minimum atomic E-state index is -2.91. The van der Waals surface area contributed by atoms with E-state index in [0.717, 1.165) is 11.8 Å². The zero-order valence-corrected chi connectivity index (χ0v) is 23.3. The van der Waals surface area contributed by atoms with E-state index in [9.17, 15) is 27.6 Å². The third-order valence-corrected chi connectivity index (χ3v) is 8.82. The molecule has 11 heteroatoms. The van der Waals surface area contributed by atoms with Crippen LogP contribution < -0.4 is 10.2 Å². The molecule has 1 saturated carbocycles. The molecule has 0 bridgehead atoms. The summed E-state index contributed by atoms with van der Waals surface area (Å²) in [5.74, 6) is -1.27. The fourth-order valence-electron chi connectivity index (χ4n) is 6.43. The molecule has 3 heterocycles. The van der Waals surface area contributed by atoms with Gasteiger partial charge in [-0.05, 0) is 67.5 Å². The van der Waals surface area contributed by atoms with Gasteiger partial charge in [0, 0.05) is 37.4 Å². The van der Waals surface area contributed by atoms with Gasteiger partial charge in [-0.25, -0.2) is 13.2 Å². The highest BCUT2D eigenvalue weighted by molar-refractivity contribution is 6.30. The number of carbonyl (C=O) groups is 3. The predicted molar refractivity (Wildman–Crippen MR) is 150 cm³/mol. The van der Waals surface area contributed by atoms with Gasteiger partial charge in [0.1, 0.15) is 16.9 Å². The summed E-state index contributed by atoms with van der Waals surface area (Å²) in [5, 5.41) is 2.92. The van der Waals surface area contributed by atoms with Crippen molar-refractivity contribution in [2.45, 2.75) is 43.6 Å². The number of hydrogen-bond acceptors (Lipinski definition) is 4. The lowest BCUT2D eigenvalue weighted by Gasteiger charge is -2.47. The van der Waals surface area contributed by atoms with Crippen LogP contribution in [-0.2, 0) is 10.2 Å². The highest BCUT2D eigenvalue weighted by atomic mass is 35.5. The summed E-state index contributed by atoms with van der Waals surface area (Å²) in [4.78, 5) is 46.5. The van der Waals surface area contributed by atoms with Gasteiger partial charge in [-0.3, -0.25) is 19.4 Å². The van der Waals surface area contributed by atoms with Gasteiger partial charge in [0.05, 0.1) is 16.3 Å². The Kier molecular flexibility index (Phi) is 7.43. The molecule has 1 aliphatic carbocycles. The van der Waals surface area contributed by atoms with Crippen molar-refractivity contribution in [3.05, 3.63) is 94.0 Å². The number of pyridine rings is 1. The minimum Gasteiger partial charge on any atom is -0.349 e. The number of hydrogen-bond donors (Lipinski definition) is 1. The molecule has 0 radical (unpaired) electrons. The minimum absolute atomic E-state index is 0.0945. The Morgan fingerprint density at radius 1 is 1.05 bits per heavy atom. The number of rotatable bonds is 6. The van der Waals surface area contributed by atoms with Crippen molar-refractivity contribution in [1.29, 1.82) is 0 Å². The molecule has 0 unspecified atom stereocenters. The molecule has 1 spiro atoms. The topological polar surface area (TPSA) is 82.6 Å². The average Bonchev–Trinajstić information content (AvgIpc) is 3.20. The molecular weight excluding hydrogens is 569 g/mol. The van der Waals surface area contributed by atoms with E-state index in [1.54, 1.807) is 40.1 Å². The number of fused-ring (bicyclic) bond motifs is 2. The van der Waals surface area contributed by atoms with Gasteiger partial charge in [-0.2, -0.15) is 0 Å². The summed E-state index contributed by atoms with van der Waals surface area (Å²) >= 11 is 5.89. The van der Waals surface area contributed by atoms with Gasteiger partial charge < -0.3 is 15.1 Å². The maximum atomic E-state index is 14.4. The Morgan fingerprint density at radius 3 is 2.45 bits per heavy atom. The second-order valence-electron chi connectivity index (χ2n) is 11.3. The molecule has 1 aromatic heterocycles. The summed E-state index contributed by atoms with van der Waals surface area (Å²) in [6, 6.07) is 14.2.